The third-order valence-electron chi connectivity index (χ3n) is 3.29. The van der Waals surface area contributed by atoms with Crippen LogP contribution in [0, 0.1) is 5.82 Å². The first-order chi connectivity index (χ1) is 9.67. The molecule has 2 aromatic carbocycles. The van der Waals surface area contributed by atoms with Crippen LogP contribution in [0.25, 0.3) is 10.9 Å². The second-order valence-corrected chi connectivity index (χ2v) is 5.02. The van der Waals surface area contributed by atoms with Crippen LogP contribution < -0.4 is 0 Å². The van der Waals surface area contributed by atoms with Gasteiger partial charge in [-0.1, -0.05) is 29.8 Å². The van der Waals surface area contributed by atoms with Crippen molar-refractivity contribution >= 4 is 28.8 Å². The molecule has 2 nitrogen and oxygen atoms in total. The van der Waals surface area contributed by atoms with Gasteiger partial charge in [0.25, 0.3) is 0 Å². The first-order valence-corrected chi connectivity index (χ1v) is 6.53. The highest BCUT2D eigenvalue weighted by Gasteiger charge is 2.06. The number of halogens is 2. The number of rotatable bonds is 3. The lowest BCUT2D eigenvalue weighted by molar-refractivity contribution is 0.112. The lowest BCUT2D eigenvalue weighted by atomic mass is 10.2. The van der Waals surface area contributed by atoms with Gasteiger partial charge in [-0.2, -0.15) is 0 Å². The van der Waals surface area contributed by atoms with Crippen molar-refractivity contribution in [1.29, 1.82) is 0 Å². The van der Waals surface area contributed by atoms with E-state index in [2.05, 4.69) is 0 Å². The highest BCUT2D eigenvalue weighted by Crippen LogP contribution is 2.22. The number of benzene rings is 2. The molecule has 0 aliphatic heterocycles. The van der Waals surface area contributed by atoms with E-state index in [1.165, 1.54) is 12.1 Å². The molecule has 3 aromatic rings. The molecule has 0 spiro atoms. The van der Waals surface area contributed by atoms with Crippen molar-refractivity contribution < 1.29 is 9.18 Å². The third kappa shape index (κ3) is 2.32. The van der Waals surface area contributed by atoms with Crippen LogP contribution in [0.5, 0.6) is 0 Å². The Hall–Kier alpha value is -2.13. The van der Waals surface area contributed by atoms with E-state index < -0.39 is 0 Å². The molecule has 0 amide bonds. The van der Waals surface area contributed by atoms with Crippen molar-refractivity contribution in [1.82, 2.24) is 4.57 Å². The second-order valence-electron chi connectivity index (χ2n) is 4.62. The SMILES string of the molecule is O=Cc1ccc2ccn(Cc3ccc(F)cc3Cl)c2c1. The van der Waals surface area contributed by atoms with Crippen molar-refractivity contribution in [3.8, 4) is 0 Å². The minimum absolute atomic E-state index is 0.348. The van der Waals surface area contributed by atoms with Crippen LogP contribution in [0.2, 0.25) is 5.02 Å². The average Bonchev–Trinajstić information content (AvgIpc) is 2.84. The van der Waals surface area contributed by atoms with E-state index in [1.54, 1.807) is 12.1 Å². The van der Waals surface area contributed by atoms with Gasteiger partial charge in [-0.25, -0.2) is 4.39 Å². The Morgan fingerprint density at radius 2 is 2.00 bits per heavy atom. The molecule has 0 saturated heterocycles. The Morgan fingerprint density at radius 3 is 2.75 bits per heavy atom. The lowest BCUT2D eigenvalue weighted by Crippen LogP contribution is -1.99. The van der Waals surface area contributed by atoms with Crippen LogP contribution in [0.1, 0.15) is 15.9 Å². The van der Waals surface area contributed by atoms with Crippen molar-refractivity contribution in [3.05, 3.63) is 70.6 Å². The Kier molecular flexibility index (Phi) is 3.28. The standard InChI is InChI=1S/C16H11ClFNO/c17-15-8-14(18)4-3-13(15)9-19-6-5-12-2-1-11(10-20)7-16(12)19/h1-8,10H,9H2. The number of hydrogen-bond donors (Lipinski definition) is 0. The molecule has 100 valence electrons. The van der Waals surface area contributed by atoms with Crippen LogP contribution in [-0.4, -0.2) is 10.9 Å². The fraction of sp³-hybridized carbons (Fsp3) is 0.0625. The van der Waals surface area contributed by atoms with E-state index >= 15 is 0 Å². The molecule has 0 aliphatic carbocycles. The van der Waals surface area contributed by atoms with Crippen molar-refractivity contribution in [3.63, 3.8) is 0 Å². The molecule has 0 unspecified atom stereocenters. The summed E-state index contributed by atoms with van der Waals surface area (Å²) in [5.41, 5.74) is 2.42. The number of aromatic nitrogens is 1. The monoisotopic (exact) mass is 287 g/mol. The summed E-state index contributed by atoms with van der Waals surface area (Å²) in [4.78, 5) is 10.9. The summed E-state index contributed by atoms with van der Waals surface area (Å²) in [6, 6.07) is 11.9. The van der Waals surface area contributed by atoms with E-state index in [1.807, 2.05) is 29.0 Å². The zero-order chi connectivity index (χ0) is 14.1. The van der Waals surface area contributed by atoms with Gasteiger partial charge >= 0.3 is 0 Å². The number of hydrogen-bond acceptors (Lipinski definition) is 1. The van der Waals surface area contributed by atoms with Gasteiger partial charge in [0.1, 0.15) is 12.1 Å². The topological polar surface area (TPSA) is 22.0 Å². The lowest BCUT2D eigenvalue weighted by Gasteiger charge is -2.08. The largest absolute Gasteiger partial charge is 0.343 e. The highest BCUT2D eigenvalue weighted by atomic mass is 35.5. The summed E-state index contributed by atoms with van der Waals surface area (Å²) >= 11 is 6.05. The van der Waals surface area contributed by atoms with Gasteiger partial charge in [-0.3, -0.25) is 4.79 Å². The zero-order valence-electron chi connectivity index (χ0n) is 10.5. The van der Waals surface area contributed by atoms with Crippen molar-refractivity contribution in [2.24, 2.45) is 0 Å². The molecule has 1 heterocycles. The number of nitrogens with zero attached hydrogens (tertiary/aromatic N) is 1. The normalized spacial score (nSPS) is 10.9. The van der Waals surface area contributed by atoms with Crippen molar-refractivity contribution in [2.45, 2.75) is 6.54 Å². The summed E-state index contributed by atoms with van der Waals surface area (Å²) in [5.74, 6) is -0.348. The van der Waals surface area contributed by atoms with Gasteiger partial charge in [-0.15, -0.1) is 0 Å². The van der Waals surface area contributed by atoms with E-state index in [9.17, 15) is 9.18 Å². The number of fused-ring (bicyclic) bond motifs is 1. The Morgan fingerprint density at radius 1 is 1.15 bits per heavy atom. The molecule has 0 radical (unpaired) electrons. The molecule has 0 aliphatic rings. The molecule has 4 heteroatoms. The number of carbonyl (C=O) groups is 1. The van der Waals surface area contributed by atoms with Gasteiger partial charge in [0, 0.05) is 28.8 Å². The Bertz CT molecular complexity index is 794. The van der Waals surface area contributed by atoms with Crippen LogP contribution >= 0.6 is 11.6 Å². The predicted molar refractivity (Wildman–Crippen MR) is 77.8 cm³/mol. The van der Waals surface area contributed by atoms with E-state index in [-0.39, 0.29) is 5.82 Å². The molecule has 0 fully saturated rings. The van der Waals surface area contributed by atoms with Gasteiger partial charge in [0.05, 0.1) is 0 Å². The molecule has 0 bridgehead atoms. The molecular weight excluding hydrogens is 277 g/mol. The van der Waals surface area contributed by atoms with Crippen molar-refractivity contribution in [2.75, 3.05) is 0 Å². The van der Waals surface area contributed by atoms with Gasteiger partial charge in [-0.05, 0) is 35.2 Å². The average molecular weight is 288 g/mol. The molecule has 0 atom stereocenters. The molecule has 0 saturated carbocycles. The maximum atomic E-state index is 13.0. The van der Waals surface area contributed by atoms with Gasteiger partial charge < -0.3 is 4.57 Å². The number of carbonyl (C=O) groups excluding carboxylic acids is 1. The third-order valence-corrected chi connectivity index (χ3v) is 3.64. The maximum absolute atomic E-state index is 13.0. The minimum atomic E-state index is -0.348. The van der Waals surface area contributed by atoms with E-state index in [4.69, 9.17) is 11.6 Å². The first-order valence-electron chi connectivity index (χ1n) is 6.15. The van der Waals surface area contributed by atoms with Gasteiger partial charge in [0.2, 0.25) is 0 Å². The summed E-state index contributed by atoms with van der Waals surface area (Å²) in [6.45, 7) is 0.533. The molecular formula is C16H11ClFNO. The summed E-state index contributed by atoms with van der Waals surface area (Å²) in [5, 5.41) is 1.45. The van der Waals surface area contributed by atoms with E-state index in [0.717, 1.165) is 22.8 Å². The highest BCUT2D eigenvalue weighted by molar-refractivity contribution is 6.31. The smallest absolute Gasteiger partial charge is 0.150 e. The van der Waals surface area contributed by atoms with Crippen LogP contribution in [-0.2, 0) is 6.54 Å². The zero-order valence-corrected chi connectivity index (χ0v) is 11.3. The fourth-order valence-electron chi connectivity index (χ4n) is 2.25. The Balaban J connectivity index is 2.04. The quantitative estimate of drug-likeness (QED) is 0.659. The van der Waals surface area contributed by atoms with Crippen LogP contribution in [0.3, 0.4) is 0 Å². The number of aldehydes is 1. The molecule has 1 aromatic heterocycles. The molecule has 0 N–H and O–H groups in total. The first kappa shape index (κ1) is 12.9. The van der Waals surface area contributed by atoms with Crippen LogP contribution in [0.15, 0.2) is 48.7 Å². The summed E-state index contributed by atoms with van der Waals surface area (Å²) < 4.78 is 15.0. The van der Waals surface area contributed by atoms with Crippen LogP contribution in [0.4, 0.5) is 4.39 Å². The Labute approximate surface area is 120 Å². The summed E-state index contributed by atoms with van der Waals surface area (Å²) in [7, 11) is 0. The predicted octanol–water partition coefficient (Wildman–Crippen LogP) is 4.29. The fourth-order valence-corrected chi connectivity index (χ4v) is 2.47. The molecule has 20 heavy (non-hydrogen) atoms. The second kappa shape index (κ2) is 5.10. The maximum Gasteiger partial charge on any atom is 0.150 e. The summed E-state index contributed by atoms with van der Waals surface area (Å²) in [6.07, 6.45) is 2.75. The molecule has 3 rings (SSSR count). The van der Waals surface area contributed by atoms with Gasteiger partial charge in [0.15, 0.2) is 0 Å². The van der Waals surface area contributed by atoms with E-state index in [0.29, 0.717) is 17.1 Å². The minimum Gasteiger partial charge on any atom is -0.343 e.